The van der Waals surface area contributed by atoms with Gasteiger partial charge in [0.05, 0.1) is 32.1 Å². The van der Waals surface area contributed by atoms with Crippen LogP contribution in [-0.4, -0.2) is 97.4 Å². The molecule has 0 unspecified atom stereocenters. The summed E-state index contributed by atoms with van der Waals surface area (Å²) >= 11 is 0. The zero-order chi connectivity index (χ0) is 23.2. The summed E-state index contributed by atoms with van der Waals surface area (Å²) < 4.78 is 22.8. The van der Waals surface area contributed by atoms with Crippen molar-refractivity contribution < 1.29 is 23.7 Å². The first kappa shape index (κ1) is 22.7. The molecule has 33 heavy (non-hydrogen) atoms. The van der Waals surface area contributed by atoms with E-state index in [1.54, 1.807) is 43.1 Å². The molecule has 4 heterocycles. The van der Waals surface area contributed by atoms with Crippen LogP contribution in [0.15, 0.2) is 36.8 Å². The van der Waals surface area contributed by atoms with Crippen LogP contribution in [0.3, 0.4) is 0 Å². The fourth-order valence-electron chi connectivity index (χ4n) is 3.81. The maximum absolute atomic E-state index is 12.5. The maximum atomic E-state index is 12.5. The van der Waals surface area contributed by atoms with Crippen molar-refractivity contribution in [3.05, 3.63) is 36.8 Å². The third kappa shape index (κ3) is 4.99. The van der Waals surface area contributed by atoms with Crippen molar-refractivity contribution >= 4 is 17.6 Å². The fraction of sp³-hybridized carbons (Fsp3) is 0.455. The minimum atomic E-state index is -0.431. The Balaban J connectivity index is 1.46. The highest BCUT2D eigenvalue weighted by Crippen LogP contribution is 2.31. The molecular weight excluding hydrogens is 428 g/mol. The van der Waals surface area contributed by atoms with Crippen molar-refractivity contribution in [2.75, 3.05) is 65.6 Å². The molecule has 0 N–H and O–H groups in total. The van der Waals surface area contributed by atoms with Crippen LogP contribution in [0.1, 0.15) is 0 Å². The molecular formula is C22H28N6O5. The van der Waals surface area contributed by atoms with E-state index in [0.717, 1.165) is 16.9 Å². The SMILES string of the molecule is COCC(COC)OC(=O)N1CCN(c2ccn3ncc(-c4cccnc4OC)c3n2)CC1. The molecule has 1 amide bonds. The average Bonchev–Trinajstić information content (AvgIpc) is 3.27. The first-order valence-electron chi connectivity index (χ1n) is 10.7. The van der Waals surface area contributed by atoms with Crippen LogP contribution >= 0.6 is 0 Å². The van der Waals surface area contributed by atoms with E-state index in [1.807, 2.05) is 24.4 Å². The third-order valence-corrected chi connectivity index (χ3v) is 5.44. The number of piperazine rings is 1. The van der Waals surface area contributed by atoms with Crippen LogP contribution in [0.2, 0.25) is 0 Å². The lowest BCUT2D eigenvalue weighted by Crippen LogP contribution is -2.50. The van der Waals surface area contributed by atoms with Crippen LogP contribution in [-0.2, 0) is 14.2 Å². The number of aromatic nitrogens is 4. The van der Waals surface area contributed by atoms with Gasteiger partial charge in [0.25, 0.3) is 0 Å². The molecule has 0 aromatic carbocycles. The van der Waals surface area contributed by atoms with Gasteiger partial charge in [0.2, 0.25) is 5.88 Å². The highest BCUT2D eigenvalue weighted by molar-refractivity contribution is 5.80. The number of anilines is 1. The zero-order valence-corrected chi connectivity index (χ0v) is 19.0. The molecule has 3 aromatic heterocycles. The van der Waals surface area contributed by atoms with Gasteiger partial charge in [-0.2, -0.15) is 5.10 Å². The second-order valence-corrected chi connectivity index (χ2v) is 7.56. The number of pyridine rings is 1. The summed E-state index contributed by atoms with van der Waals surface area (Å²) in [5.74, 6) is 1.34. The molecule has 176 valence electrons. The van der Waals surface area contributed by atoms with Crippen molar-refractivity contribution in [3.8, 4) is 17.0 Å². The monoisotopic (exact) mass is 456 g/mol. The third-order valence-electron chi connectivity index (χ3n) is 5.44. The van der Waals surface area contributed by atoms with Gasteiger partial charge in [-0.25, -0.2) is 19.3 Å². The van der Waals surface area contributed by atoms with E-state index in [1.165, 1.54) is 0 Å². The molecule has 1 aliphatic heterocycles. The second kappa shape index (κ2) is 10.5. The van der Waals surface area contributed by atoms with Crippen LogP contribution in [0, 0.1) is 0 Å². The maximum Gasteiger partial charge on any atom is 0.410 e. The number of nitrogens with zero attached hydrogens (tertiary/aromatic N) is 6. The minimum Gasteiger partial charge on any atom is -0.481 e. The molecule has 0 saturated carbocycles. The summed E-state index contributed by atoms with van der Waals surface area (Å²) in [5.41, 5.74) is 2.38. The Kier molecular flexibility index (Phi) is 7.20. The van der Waals surface area contributed by atoms with Gasteiger partial charge in [0, 0.05) is 58.4 Å². The van der Waals surface area contributed by atoms with E-state index in [4.69, 9.17) is 23.9 Å². The van der Waals surface area contributed by atoms with Gasteiger partial charge in [-0.15, -0.1) is 0 Å². The summed E-state index contributed by atoms with van der Waals surface area (Å²) in [7, 11) is 4.72. The molecule has 11 nitrogen and oxygen atoms in total. The van der Waals surface area contributed by atoms with E-state index < -0.39 is 6.10 Å². The van der Waals surface area contributed by atoms with Crippen molar-refractivity contribution in [2.24, 2.45) is 0 Å². The number of rotatable bonds is 8. The number of ether oxygens (including phenoxy) is 4. The van der Waals surface area contributed by atoms with E-state index in [-0.39, 0.29) is 6.09 Å². The Hall–Kier alpha value is -3.44. The molecule has 0 aliphatic carbocycles. The Bertz CT molecular complexity index is 1080. The van der Waals surface area contributed by atoms with Crippen LogP contribution < -0.4 is 9.64 Å². The summed E-state index contributed by atoms with van der Waals surface area (Å²) in [6.45, 7) is 2.91. The number of methoxy groups -OCH3 is 3. The highest BCUT2D eigenvalue weighted by Gasteiger charge is 2.26. The van der Waals surface area contributed by atoms with E-state index in [2.05, 4.69) is 15.0 Å². The molecule has 1 aliphatic rings. The van der Waals surface area contributed by atoms with Gasteiger partial charge < -0.3 is 28.7 Å². The zero-order valence-electron chi connectivity index (χ0n) is 19.0. The van der Waals surface area contributed by atoms with Crippen molar-refractivity contribution in [2.45, 2.75) is 6.10 Å². The molecule has 4 rings (SSSR count). The smallest absolute Gasteiger partial charge is 0.410 e. The van der Waals surface area contributed by atoms with Gasteiger partial charge in [-0.3, -0.25) is 0 Å². The molecule has 1 fully saturated rings. The molecule has 0 atom stereocenters. The number of fused-ring (bicyclic) bond motifs is 1. The first-order chi connectivity index (χ1) is 16.1. The summed E-state index contributed by atoms with van der Waals surface area (Å²) in [5, 5.41) is 4.41. The first-order valence-corrected chi connectivity index (χ1v) is 10.7. The molecule has 0 spiro atoms. The Morgan fingerprint density at radius 2 is 1.82 bits per heavy atom. The van der Waals surface area contributed by atoms with Crippen molar-refractivity contribution in [3.63, 3.8) is 0 Å². The van der Waals surface area contributed by atoms with E-state index in [9.17, 15) is 4.79 Å². The van der Waals surface area contributed by atoms with Crippen LogP contribution in [0.5, 0.6) is 5.88 Å². The Morgan fingerprint density at radius 1 is 1.06 bits per heavy atom. The molecule has 1 saturated heterocycles. The van der Waals surface area contributed by atoms with Crippen molar-refractivity contribution in [1.29, 1.82) is 0 Å². The summed E-state index contributed by atoms with van der Waals surface area (Å²) in [6, 6.07) is 5.71. The lowest BCUT2D eigenvalue weighted by atomic mass is 10.1. The lowest BCUT2D eigenvalue weighted by molar-refractivity contribution is -0.0175. The summed E-state index contributed by atoms with van der Waals surface area (Å²) in [4.78, 5) is 25.5. The predicted octanol–water partition coefficient (Wildman–Crippen LogP) is 1.72. The Morgan fingerprint density at radius 3 is 2.52 bits per heavy atom. The van der Waals surface area contributed by atoms with Crippen LogP contribution in [0.25, 0.3) is 16.8 Å². The second-order valence-electron chi connectivity index (χ2n) is 7.56. The highest BCUT2D eigenvalue weighted by atomic mass is 16.6. The lowest BCUT2D eigenvalue weighted by Gasteiger charge is -2.35. The standard InChI is InChI=1S/C22H28N6O5/c1-30-14-16(15-31-2)33-22(29)27-11-9-26(10-12-27)19-6-8-28-20(25-19)18(13-24-28)17-5-4-7-23-21(17)32-3/h4-8,13,16H,9-12,14-15H2,1-3H3. The average molecular weight is 457 g/mol. The normalized spacial score (nSPS) is 14.2. The van der Waals surface area contributed by atoms with Crippen molar-refractivity contribution in [1.82, 2.24) is 24.5 Å². The van der Waals surface area contributed by atoms with Gasteiger partial charge in [-0.05, 0) is 18.2 Å². The molecule has 3 aromatic rings. The number of hydrogen-bond acceptors (Lipinski definition) is 9. The van der Waals surface area contributed by atoms with Gasteiger partial charge in [0.15, 0.2) is 11.8 Å². The number of carbonyl (C=O) groups is 1. The fourth-order valence-corrected chi connectivity index (χ4v) is 3.81. The number of amides is 1. The molecule has 0 bridgehead atoms. The van der Waals surface area contributed by atoms with Crippen LogP contribution in [0.4, 0.5) is 10.6 Å². The molecule has 0 radical (unpaired) electrons. The van der Waals surface area contributed by atoms with E-state index in [0.29, 0.717) is 50.9 Å². The summed E-state index contributed by atoms with van der Waals surface area (Å²) in [6.07, 6.45) is 4.53. The minimum absolute atomic E-state index is 0.291. The molecule has 11 heteroatoms. The largest absolute Gasteiger partial charge is 0.481 e. The topological polar surface area (TPSA) is 104 Å². The predicted molar refractivity (Wildman–Crippen MR) is 121 cm³/mol. The van der Waals surface area contributed by atoms with Gasteiger partial charge in [0.1, 0.15) is 5.82 Å². The van der Waals surface area contributed by atoms with Gasteiger partial charge in [-0.1, -0.05) is 0 Å². The number of hydrogen-bond donors (Lipinski definition) is 0. The number of carbonyl (C=O) groups excluding carboxylic acids is 1. The quantitative estimate of drug-likeness (QED) is 0.501. The van der Waals surface area contributed by atoms with Gasteiger partial charge >= 0.3 is 6.09 Å². The van der Waals surface area contributed by atoms with E-state index >= 15 is 0 Å². The Labute approximate surface area is 191 Å².